The SMILES string of the molecule is CC(=O)NCC1CCC(NC(C2CCCC2)C2CCC2)CC1. The number of amides is 1. The standard InChI is InChI=1S/C19H34N2O/c1-14(22)20-13-15-9-11-18(12-10-15)21-19(17-7-4-8-17)16-5-2-3-6-16/h15-19,21H,2-13H2,1H3,(H,20,22). The first-order valence-corrected chi connectivity index (χ1v) is 9.73. The van der Waals surface area contributed by atoms with Gasteiger partial charge in [-0.3, -0.25) is 4.79 Å². The molecule has 1 amide bonds. The van der Waals surface area contributed by atoms with E-state index in [4.69, 9.17) is 0 Å². The first-order chi connectivity index (χ1) is 10.7. The van der Waals surface area contributed by atoms with Crippen LogP contribution in [0.5, 0.6) is 0 Å². The van der Waals surface area contributed by atoms with Gasteiger partial charge in [-0.05, 0) is 69.1 Å². The minimum absolute atomic E-state index is 0.117. The molecule has 3 fully saturated rings. The van der Waals surface area contributed by atoms with Crippen LogP contribution in [0.1, 0.15) is 77.6 Å². The molecule has 0 aromatic heterocycles. The van der Waals surface area contributed by atoms with Crippen LogP contribution < -0.4 is 10.6 Å². The topological polar surface area (TPSA) is 41.1 Å². The molecular formula is C19H34N2O. The number of carbonyl (C=O) groups is 1. The molecule has 3 aliphatic carbocycles. The van der Waals surface area contributed by atoms with Crippen molar-refractivity contribution in [2.75, 3.05) is 6.54 Å². The fourth-order valence-corrected chi connectivity index (χ4v) is 4.87. The van der Waals surface area contributed by atoms with Gasteiger partial charge < -0.3 is 10.6 Å². The summed E-state index contributed by atoms with van der Waals surface area (Å²) >= 11 is 0. The quantitative estimate of drug-likeness (QED) is 0.787. The Hall–Kier alpha value is -0.570. The molecule has 0 aromatic rings. The monoisotopic (exact) mass is 306 g/mol. The van der Waals surface area contributed by atoms with Gasteiger partial charge in [0.05, 0.1) is 0 Å². The summed E-state index contributed by atoms with van der Waals surface area (Å²) in [6.07, 6.45) is 15.4. The summed E-state index contributed by atoms with van der Waals surface area (Å²) in [5.41, 5.74) is 0. The van der Waals surface area contributed by atoms with Crippen molar-refractivity contribution in [1.29, 1.82) is 0 Å². The lowest BCUT2D eigenvalue weighted by atomic mass is 9.73. The Morgan fingerprint density at radius 1 is 0.909 bits per heavy atom. The lowest BCUT2D eigenvalue weighted by molar-refractivity contribution is -0.119. The zero-order valence-electron chi connectivity index (χ0n) is 14.3. The average Bonchev–Trinajstić information content (AvgIpc) is 2.98. The number of hydrogen-bond acceptors (Lipinski definition) is 2. The Morgan fingerprint density at radius 3 is 2.00 bits per heavy atom. The molecule has 0 aromatic carbocycles. The maximum Gasteiger partial charge on any atom is 0.216 e. The highest BCUT2D eigenvalue weighted by atomic mass is 16.1. The smallest absolute Gasteiger partial charge is 0.216 e. The Morgan fingerprint density at radius 2 is 1.50 bits per heavy atom. The van der Waals surface area contributed by atoms with Crippen molar-refractivity contribution in [2.24, 2.45) is 17.8 Å². The molecule has 3 saturated carbocycles. The number of rotatable bonds is 6. The molecule has 22 heavy (non-hydrogen) atoms. The highest BCUT2D eigenvalue weighted by molar-refractivity contribution is 5.72. The molecule has 1 atom stereocenters. The van der Waals surface area contributed by atoms with Crippen LogP contribution in [0, 0.1) is 17.8 Å². The van der Waals surface area contributed by atoms with E-state index in [0.29, 0.717) is 5.92 Å². The van der Waals surface area contributed by atoms with E-state index in [2.05, 4.69) is 10.6 Å². The lowest BCUT2D eigenvalue weighted by Gasteiger charge is -2.42. The van der Waals surface area contributed by atoms with E-state index in [1.807, 2.05) is 0 Å². The summed E-state index contributed by atoms with van der Waals surface area (Å²) in [5, 5.41) is 7.09. The van der Waals surface area contributed by atoms with Crippen molar-refractivity contribution in [3.05, 3.63) is 0 Å². The normalized spacial score (nSPS) is 31.7. The average molecular weight is 306 g/mol. The third kappa shape index (κ3) is 4.24. The predicted octanol–water partition coefficient (Wildman–Crippen LogP) is 3.63. The molecule has 3 rings (SSSR count). The van der Waals surface area contributed by atoms with Gasteiger partial charge in [-0.2, -0.15) is 0 Å². The van der Waals surface area contributed by atoms with E-state index >= 15 is 0 Å². The number of hydrogen-bond donors (Lipinski definition) is 2. The summed E-state index contributed by atoms with van der Waals surface area (Å²) in [4.78, 5) is 11.0. The minimum atomic E-state index is 0.117. The van der Waals surface area contributed by atoms with Gasteiger partial charge in [-0.15, -0.1) is 0 Å². The van der Waals surface area contributed by atoms with Gasteiger partial charge in [0.15, 0.2) is 0 Å². The highest BCUT2D eigenvalue weighted by Gasteiger charge is 2.36. The van der Waals surface area contributed by atoms with Crippen molar-refractivity contribution in [3.63, 3.8) is 0 Å². The molecule has 1 unspecified atom stereocenters. The number of carbonyl (C=O) groups excluding carboxylic acids is 1. The van der Waals surface area contributed by atoms with Crippen LogP contribution in [0.25, 0.3) is 0 Å². The fourth-order valence-electron chi connectivity index (χ4n) is 4.87. The van der Waals surface area contributed by atoms with Crippen molar-refractivity contribution in [3.8, 4) is 0 Å². The first kappa shape index (κ1) is 16.3. The second kappa shape index (κ2) is 7.81. The summed E-state index contributed by atoms with van der Waals surface area (Å²) in [5.74, 6) is 2.75. The van der Waals surface area contributed by atoms with E-state index in [1.165, 1.54) is 70.6 Å². The summed E-state index contributed by atoms with van der Waals surface area (Å²) in [6, 6.07) is 1.55. The molecule has 0 aliphatic heterocycles. The third-order valence-electron chi connectivity index (χ3n) is 6.48. The van der Waals surface area contributed by atoms with Crippen molar-refractivity contribution < 1.29 is 4.79 Å². The summed E-state index contributed by atoms with van der Waals surface area (Å²) in [7, 11) is 0. The van der Waals surface area contributed by atoms with Crippen LogP contribution in [-0.2, 0) is 4.79 Å². The van der Waals surface area contributed by atoms with Crippen molar-refractivity contribution in [1.82, 2.24) is 10.6 Å². The first-order valence-electron chi connectivity index (χ1n) is 9.73. The minimum Gasteiger partial charge on any atom is -0.356 e. The van der Waals surface area contributed by atoms with Gasteiger partial charge in [0.2, 0.25) is 5.91 Å². The molecule has 126 valence electrons. The van der Waals surface area contributed by atoms with Crippen LogP contribution in [0.2, 0.25) is 0 Å². The van der Waals surface area contributed by atoms with Crippen LogP contribution in [0.15, 0.2) is 0 Å². The van der Waals surface area contributed by atoms with Crippen LogP contribution >= 0.6 is 0 Å². The largest absolute Gasteiger partial charge is 0.356 e. The summed E-state index contributed by atoms with van der Waals surface area (Å²) in [6.45, 7) is 2.51. The maximum atomic E-state index is 11.0. The van der Waals surface area contributed by atoms with Gasteiger partial charge in [0.1, 0.15) is 0 Å². The highest BCUT2D eigenvalue weighted by Crippen LogP contribution is 2.39. The summed E-state index contributed by atoms with van der Waals surface area (Å²) < 4.78 is 0. The molecule has 3 aliphatic rings. The second-order valence-electron chi connectivity index (χ2n) is 8.08. The second-order valence-corrected chi connectivity index (χ2v) is 8.08. The van der Waals surface area contributed by atoms with Crippen LogP contribution in [-0.4, -0.2) is 24.5 Å². The molecule has 3 heteroatoms. The number of nitrogens with one attached hydrogen (secondary N) is 2. The third-order valence-corrected chi connectivity index (χ3v) is 6.48. The predicted molar refractivity (Wildman–Crippen MR) is 90.7 cm³/mol. The van der Waals surface area contributed by atoms with Gasteiger partial charge in [-0.1, -0.05) is 19.3 Å². The molecule has 0 spiro atoms. The van der Waals surface area contributed by atoms with Gasteiger partial charge in [0, 0.05) is 25.6 Å². The van der Waals surface area contributed by atoms with Gasteiger partial charge in [0.25, 0.3) is 0 Å². The molecule has 3 nitrogen and oxygen atoms in total. The van der Waals surface area contributed by atoms with Crippen molar-refractivity contribution >= 4 is 5.91 Å². The lowest BCUT2D eigenvalue weighted by Crippen LogP contribution is -2.50. The Labute approximate surface area is 136 Å². The van der Waals surface area contributed by atoms with E-state index in [-0.39, 0.29) is 5.91 Å². The molecular weight excluding hydrogens is 272 g/mol. The maximum absolute atomic E-state index is 11.0. The van der Waals surface area contributed by atoms with E-state index in [0.717, 1.165) is 30.5 Å². The Balaban J connectivity index is 1.44. The molecule has 0 heterocycles. The molecule has 0 saturated heterocycles. The Kier molecular flexibility index (Phi) is 5.78. The van der Waals surface area contributed by atoms with E-state index < -0.39 is 0 Å². The zero-order valence-corrected chi connectivity index (χ0v) is 14.3. The van der Waals surface area contributed by atoms with Gasteiger partial charge >= 0.3 is 0 Å². The van der Waals surface area contributed by atoms with Crippen LogP contribution in [0.4, 0.5) is 0 Å². The van der Waals surface area contributed by atoms with E-state index in [9.17, 15) is 4.79 Å². The molecule has 0 radical (unpaired) electrons. The fraction of sp³-hybridized carbons (Fsp3) is 0.947. The molecule has 2 N–H and O–H groups in total. The van der Waals surface area contributed by atoms with Crippen LogP contribution in [0.3, 0.4) is 0 Å². The molecule has 0 bridgehead atoms. The zero-order chi connectivity index (χ0) is 15.4. The van der Waals surface area contributed by atoms with E-state index in [1.54, 1.807) is 6.92 Å². The van der Waals surface area contributed by atoms with Crippen molar-refractivity contribution in [2.45, 2.75) is 89.6 Å². The van der Waals surface area contributed by atoms with Gasteiger partial charge in [-0.25, -0.2) is 0 Å². The Bertz CT molecular complexity index is 352.